The maximum atomic E-state index is 12.5. The van der Waals surface area contributed by atoms with Crippen molar-refractivity contribution in [3.05, 3.63) is 78.4 Å². The van der Waals surface area contributed by atoms with Crippen molar-refractivity contribution in [1.29, 1.82) is 0 Å². The molecule has 1 aliphatic rings. The molecule has 0 saturated heterocycles. The molecule has 120 valence electrons. The zero-order chi connectivity index (χ0) is 16.4. The largest absolute Gasteiger partial charge is 0.347 e. The highest BCUT2D eigenvalue weighted by molar-refractivity contribution is 5.93. The second kappa shape index (κ2) is 6.28. The number of hydrogen-bond donors (Lipinski definition) is 1. The van der Waals surface area contributed by atoms with Crippen LogP contribution >= 0.6 is 0 Å². The molecule has 1 N–H and O–H groups in total. The highest BCUT2D eigenvalue weighted by Crippen LogP contribution is 2.36. The fourth-order valence-electron chi connectivity index (χ4n) is 3.12. The Kier molecular flexibility index (Phi) is 3.83. The van der Waals surface area contributed by atoms with Gasteiger partial charge in [-0.25, -0.2) is 4.68 Å². The summed E-state index contributed by atoms with van der Waals surface area (Å²) < 4.78 is 1.72. The van der Waals surface area contributed by atoms with Gasteiger partial charge in [-0.2, -0.15) is 5.10 Å². The lowest BCUT2D eigenvalue weighted by Crippen LogP contribution is -2.45. The third-order valence-corrected chi connectivity index (χ3v) is 4.56. The summed E-state index contributed by atoms with van der Waals surface area (Å²) in [5.41, 5.74) is 2.53. The topological polar surface area (TPSA) is 59.8 Å². The molecule has 1 amide bonds. The maximum Gasteiger partial charge on any atom is 0.270 e. The number of rotatable bonds is 4. The monoisotopic (exact) mass is 318 g/mol. The SMILES string of the molecule is O=C(N[C@H]1CC[C@@H]1c1ccccc1)c1cc(-n2cccn2)ccn1. The summed E-state index contributed by atoms with van der Waals surface area (Å²) in [6.07, 6.45) is 7.30. The molecule has 1 aliphatic carbocycles. The van der Waals surface area contributed by atoms with Crippen molar-refractivity contribution in [1.82, 2.24) is 20.1 Å². The van der Waals surface area contributed by atoms with Crippen LogP contribution in [0.1, 0.15) is 34.8 Å². The van der Waals surface area contributed by atoms with Crippen molar-refractivity contribution in [2.45, 2.75) is 24.8 Å². The molecule has 0 spiro atoms. The lowest BCUT2D eigenvalue weighted by molar-refractivity contribution is 0.0899. The maximum absolute atomic E-state index is 12.5. The van der Waals surface area contributed by atoms with E-state index in [0.29, 0.717) is 11.6 Å². The molecule has 0 radical (unpaired) electrons. The summed E-state index contributed by atoms with van der Waals surface area (Å²) in [7, 11) is 0. The molecule has 5 nitrogen and oxygen atoms in total. The van der Waals surface area contributed by atoms with Crippen LogP contribution in [0.2, 0.25) is 0 Å². The van der Waals surface area contributed by atoms with Gasteiger partial charge in [-0.05, 0) is 36.6 Å². The van der Waals surface area contributed by atoms with E-state index in [2.05, 4.69) is 27.5 Å². The van der Waals surface area contributed by atoms with Crippen molar-refractivity contribution in [3.8, 4) is 5.69 Å². The van der Waals surface area contributed by atoms with Crippen molar-refractivity contribution in [2.75, 3.05) is 0 Å². The van der Waals surface area contributed by atoms with Crippen LogP contribution < -0.4 is 5.32 Å². The highest BCUT2D eigenvalue weighted by atomic mass is 16.1. The van der Waals surface area contributed by atoms with Crippen molar-refractivity contribution < 1.29 is 4.79 Å². The zero-order valence-electron chi connectivity index (χ0n) is 13.2. The van der Waals surface area contributed by atoms with Crippen LogP contribution in [0.25, 0.3) is 5.69 Å². The number of nitrogens with one attached hydrogen (secondary N) is 1. The number of carbonyl (C=O) groups is 1. The number of pyridine rings is 1. The Hall–Kier alpha value is -2.95. The normalized spacial score (nSPS) is 19.5. The Balaban J connectivity index is 1.48. The second-order valence-electron chi connectivity index (χ2n) is 6.02. The number of amides is 1. The second-order valence-corrected chi connectivity index (χ2v) is 6.02. The van der Waals surface area contributed by atoms with Crippen LogP contribution in [0.3, 0.4) is 0 Å². The first-order valence-electron chi connectivity index (χ1n) is 8.13. The van der Waals surface area contributed by atoms with Gasteiger partial charge in [0.1, 0.15) is 5.69 Å². The number of benzene rings is 1. The molecule has 2 heterocycles. The van der Waals surface area contributed by atoms with E-state index in [1.54, 1.807) is 23.1 Å². The Morgan fingerprint density at radius 1 is 1.08 bits per heavy atom. The number of hydrogen-bond acceptors (Lipinski definition) is 3. The van der Waals surface area contributed by atoms with E-state index in [9.17, 15) is 4.79 Å². The van der Waals surface area contributed by atoms with E-state index in [1.807, 2.05) is 36.5 Å². The summed E-state index contributed by atoms with van der Waals surface area (Å²) in [4.78, 5) is 16.7. The van der Waals surface area contributed by atoms with Gasteiger partial charge in [-0.15, -0.1) is 0 Å². The average Bonchev–Trinajstić information content (AvgIpc) is 3.14. The molecule has 4 rings (SSSR count). The summed E-state index contributed by atoms with van der Waals surface area (Å²) in [5.74, 6) is 0.263. The molecule has 1 fully saturated rings. The molecule has 24 heavy (non-hydrogen) atoms. The summed E-state index contributed by atoms with van der Waals surface area (Å²) >= 11 is 0. The summed E-state index contributed by atoms with van der Waals surface area (Å²) in [5, 5.41) is 7.31. The van der Waals surface area contributed by atoms with Gasteiger partial charge in [-0.1, -0.05) is 30.3 Å². The first kappa shape index (κ1) is 14.6. The van der Waals surface area contributed by atoms with Gasteiger partial charge < -0.3 is 5.32 Å². The van der Waals surface area contributed by atoms with E-state index in [-0.39, 0.29) is 11.9 Å². The van der Waals surface area contributed by atoms with Gasteiger partial charge in [0.2, 0.25) is 0 Å². The first-order chi connectivity index (χ1) is 11.8. The molecule has 0 aliphatic heterocycles. The third kappa shape index (κ3) is 2.80. The predicted molar refractivity (Wildman–Crippen MR) is 91.0 cm³/mol. The lowest BCUT2D eigenvalue weighted by atomic mass is 9.75. The zero-order valence-corrected chi connectivity index (χ0v) is 13.2. The van der Waals surface area contributed by atoms with Gasteiger partial charge >= 0.3 is 0 Å². The van der Waals surface area contributed by atoms with E-state index in [4.69, 9.17) is 0 Å². The molecule has 2 aromatic heterocycles. The minimum atomic E-state index is -0.130. The molecule has 3 aromatic rings. The minimum absolute atomic E-state index is 0.130. The van der Waals surface area contributed by atoms with Crippen molar-refractivity contribution in [2.24, 2.45) is 0 Å². The van der Waals surface area contributed by atoms with E-state index >= 15 is 0 Å². The number of nitrogens with zero attached hydrogens (tertiary/aromatic N) is 3. The molecule has 1 aromatic carbocycles. The van der Waals surface area contributed by atoms with Crippen LogP contribution in [0.5, 0.6) is 0 Å². The fourth-order valence-corrected chi connectivity index (χ4v) is 3.12. The Bertz CT molecular complexity index is 830. The molecule has 2 atom stereocenters. The van der Waals surface area contributed by atoms with Crippen molar-refractivity contribution in [3.63, 3.8) is 0 Å². The van der Waals surface area contributed by atoms with E-state index in [0.717, 1.165) is 18.5 Å². The fraction of sp³-hybridized carbons (Fsp3) is 0.211. The molecule has 0 unspecified atom stereocenters. The summed E-state index contributed by atoms with van der Waals surface area (Å²) in [6.45, 7) is 0. The number of aromatic nitrogens is 3. The van der Waals surface area contributed by atoms with Gasteiger partial charge in [-0.3, -0.25) is 9.78 Å². The van der Waals surface area contributed by atoms with E-state index in [1.165, 1.54) is 5.56 Å². The first-order valence-corrected chi connectivity index (χ1v) is 8.13. The standard InChI is InChI=1S/C19H18N4O/c24-19(18-13-15(9-11-20-18)23-12-4-10-21-23)22-17-8-7-16(17)14-5-2-1-3-6-14/h1-6,9-13,16-17H,7-8H2,(H,22,24)/t16-,17+/m1/s1. The van der Waals surface area contributed by atoms with Crippen LogP contribution in [-0.2, 0) is 0 Å². The third-order valence-electron chi connectivity index (χ3n) is 4.56. The van der Waals surface area contributed by atoms with Crippen LogP contribution in [0, 0.1) is 0 Å². The van der Waals surface area contributed by atoms with Crippen LogP contribution in [0.4, 0.5) is 0 Å². The van der Waals surface area contributed by atoms with Gasteiger partial charge in [0.25, 0.3) is 5.91 Å². The van der Waals surface area contributed by atoms with Gasteiger partial charge in [0.15, 0.2) is 0 Å². The Morgan fingerprint density at radius 3 is 2.67 bits per heavy atom. The van der Waals surface area contributed by atoms with Gasteiger partial charge in [0, 0.05) is 30.6 Å². The highest BCUT2D eigenvalue weighted by Gasteiger charge is 2.33. The minimum Gasteiger partial charge on any atom is -0.347 e. The van der Waals surface area contributed by atoms with E-state index < -0.39 is 0 Å². The average molecular weight is 318 g/mol. The van der Waals surface area contributed by atoms with Gasteiger partial charge in [0.05, 0.1) is 5.69 Å². The smallest absolute Gasteiger partial charge is 0.270 e. The Labute approximate surface area is 140 Å². The van der Waals surface area contributed by atoms with Crippen molar-refractivity contribution >= 4 is 5.91 Å². The lowest BCUT2D eigenvalue weighted by Gasteiger charge is -2.37. The molecule has 0 bridgehead atoms. The molecular weight excluding hydrogens is 300 g/mol. The molecular formula is C19H18N4O. The van der Waals surface area contributed by atoms with Crippen LogP contribution in [-0.4, -0.2) is 26.7 Å². The van der Waals surface area contributed by atoms with Crippen LogP contribution in [0.15, 0.2) is 67.1 Å². The molecule has 1 saturated carbocycles. The summed E-state index contributed by atoms with van der Waals surface area (Å²) in [6, 6.07) is 16.0. The quantitative estimate of drug-likeness (QED) is 0.804. The Morgan fingerprint density at radius 2 is 1.96 bits per heavy atom. The molecule has 5 heteroatoms. The number of carbonyl (C=O) groups excluding carboxylic acids is 1. The predicted octanol–water partition coefficient (Wildman–Crippen LogP) is 2.94.